The first kappa shape index (κ1) is 19.8. The fourth-order valence-electron chi connectivity index (χ4n) is 4.89. The molecule has 1 unspecified atom stereocenters. The normalized spacial score (nSPS) is 22.4. The quantitative estimate of drug-likeness (QED) is 0.604. The summed E-state index contributed by atoms with van der Waals surface area (Å²) in [5.41, 5.74) is 1.70. The first-order chi connectivity index (χ1) is 15.3. The lowest BCUT2D eigenvalue weighted by Crippen LogP contribution is -2.55. The van der Waals surface area contributed by atoms with Crippen LogP contribution in [0.4, 0.5) is 16.3 Å². The maximum Gasteiger partial charge on any atom is 0.319 e. The van der Waals surface area contributed by atoms with Crippen molar-refractivity contribution in [3.05, 3.63) is 48.9 Å². The highest BCUT2D eigenvalue weighted by atomic mass is 16.2. The maximum absolute atomic E-state index is 12.4. The number of amides is 2. The number of carbonyl (C=O) groups excluding carboxylic acids is 1. The minimum atomic E-state index is -0.126. The number of urea groups is 1. The van der Waals surface area contributed by atoms with E-state index in [2.05, 4.69) is 41.5 Å². The molecule has 3 N–H and O–H groups in total. The van der Waals surface area contributed by atoms with E-state index in [1.165, 1.54) is 6.42 Å². The molecule has 2 amide bonds. The number of aromatic amines is 1. The van der Waals surface area contributed by atoms with Crippen LogP contribution in [0, 0.1) is 0 Å². The summed E-state index contributed by atoms with van der Waals surface area (Å²) < 4.78 is 0. The second kappa shape index (κ2) is 8.93. The van der Waals surface area contributed by atoms with Crippen LogP contribution in [0.3, 0.4) is 0 Å². The third-order valence-electron chi connectivity index (χ3n) is 6.37. The van der Waals surface area contributed by atoms with Crippen LogP contribution < -0.4 is 15.5 Å². The molecule has 0 aliphatic carbocycles. The average molecular weight is 420 g/mol. The minimum absolute atomic E-state index is 0.126. The van der Waals surface area contributed by atoms with Crippen LogP contribution in [0.25, 0.3) is 11.0 Å². The Balaban J connectivity index is 1.21. The number of hydrogen-bond donors (Lipinski definition) is 3. The highest BCUT2D eigenvalue weighted by molar-refractivity contribution is 5.89. The van der Waals surface area contributed by atoms with Crippen LogP contribution in [-0.2, 0) is 0 Å². The van der Waals surface area contributed by atoms with E-state index >= 15 is 0 Å². The number of aromatic nitrogens is 3. The second-order valence-corrected chi connectivity index (χ2v) is 8.48. The van der Waals surface area contributed by atoms with Gasteiger partial charge in [-0.2, -0.15) is 0 Å². The summed E-state index contributed by atoms with van der Waals surface area (Å²) in [7, 11) is 0. The fraction of sp³-hybridized carbons (Fsp3) is 0.435. The SMILES string of the molecule is O=C(Nc1ccccc1)N[C@H]1CCCN(C2CCCN(c3ncnc4[nH]ccc34)C2)C1. The third kappa shape index (κ3) is 4.49. The van der Waals surface area contributed by atoms with E-state index in [0.29, 0.717) is 6.04 Å². The molecule has 5 rings (SSSR count). The van der Waals surface area contributed by atoms with Gasteiger partial charge in [-0.3, -0.25) is 4.90 Å². The van der Waals surface area contributed by atoms with Crippen molar-refractivity contribution in [3.63, 3.8) is 0 Å². The Morgan fingerprint density at radius 3 is 2.81 bits per heavy atom. The standard InChI is InChI=1S/C23H29N7O/c31-23(27-17-6-2-1-3-7-17)28-18-8-4-12-29(14-18)19-9-5-13-30(15-19)22-20-10-11-24-21(20)25-16-26-22/h1-3,6-7,10-11,16,18-19H,4-5,8-9,12-15H2,(H,24,25,26)(H2,27,28,31)/t18-,19?/m0/s1. The van der Waals surface area contributed by atoms with Crippen molar-refractivity contribution in [2.75, 3.05) is 36.4 Å². The van der Waals surface area contributed by atoms with Gasteiger partial charge in [-0.25, -0.2) is 14.8 Å². The number of hydrogen-bond acceptors (Lipinski definition) is 5. The molecular formula is C23H29N7O. The third-order valence-corrected chi connectivity index (χ3v) is 6.37. The van der Waals surface area contributed by atoms with Crippen molar-refractivity contribution in [2.24, 2.45) is 0 Å². The van der Waals surface area contributed by atoms with E-state index in [1.54, 1.807) is 6.33 Å². The molecule has 2 saturated heterocycles. The molecule has 0 radical (unpaired) electrons. The first-order valence-electron chi connectivity index (χ1n) is 11.2. The average Bonchev–Trinajstić information content (AvgIpc) is 3.29. The van der Waals surface area contributed by atoms with Gasteiger partial charge in [0.05, 0.1) is 5.39 Å². The highest BCUT2D eigenvalue weighted by Crippen LogP contribution is 2.27. The van der Waals surface area contributed by atoms with Crippen molar-refractivity contribution >= 4 is 28.6 Å². The van der Waals surface area contributed by atoms with E-state index in [-0.39, 0.29) is 12.1 Å². The molecule has 0 bridgehead atoms. The van der Waals surface area contributed by atoms with Crippen molar-refractivity contribution < 1.29 is 4.79 Å². The molecule has 1 aromatic carbocycles. The summed E-state index contributed by atoms with van der Waals surface area (Å²) >= 11 is 0. The molecule has 2 aliphatic heterocycles. The molecule has 162 valence electrons. The van der Waals surface area contributed by atoms with Crippen molar-refractivity contribution in [2.45, 2.75) is 37.8 Å². The molecule has 2 aromatic heterocycles. The van der Waals surface area contributed by atoms with Gasteiger partial charge in [0.25, 0.3) is 0 Å². The van der Waals surface area contributed by atoms with Gasteiger partial charge in [-0.1, -0.05) is 18.2 Å². The van der Waals surface area contributed by atoms with E-state index in [4.69, 9.17) is 0 Å². The monoisotopic (exact) mass is 419 g/mol. The summed E-state index contributed by atoms with van der Waals surface area (Å²) in [5, 5.41) is 7.18. The number of anilines is 2. The van der Waals surface area contributed by atoms with E-state index in [0.717, 1.165) is 68.0 Å². The molecule has 0 spiro atoms. The van der Waals surface area contributed by atoms with E-state index in [1.807, 2.05) is 36.5 Å². The number of fused-ring (bicyclic) bond motifs is 1. The minimum Gasteiger partial charge on any atom is -0.354 e. The van der Waals surface area contributed by atoms with Crippen molar-refractivity contribution in [1.82, 2.24) is 25.2 Å². The topological polar surface area (TPSA) is 89.2 Å². The summed E-state index contributed by atoms with van der Waals surface area (Å²) in [5.74, 6) is 1.02. The van der Waals surface area contributed by atoms with Crippen LogP contribution in [0.15, 0.2) is 48.9 Å². The Morgan fingerprint density at radius 2 is 1.90 bits per heavy atom. The fourth-order valence-corrected chi connectivity index (χ4v) is 4.89. The predicted octanol–water partition coefficient (Wildman–Crippen LogP) is 3.21. The van der Waals surface area contributed by atoms with Crippen LogP contribution in [0.1, 0.15) is 25.7 Å². The number of rotatable bonds is 4. The van der Waals surface area contributed by atoms with Gasteiger partial charge in [0.1, 0.15) is 17.8 Å². The molecular weight excluding hydrogens is 390 g/mol. The lowest BCUT2D eigenvalue weighted by Gasteiger charge is -2.43. The van der Waals surface area contributed by atoms with Gasteiger partial charge in [-0.05, 0) is 50.4 Å². The van der Waals surface area contributed by atoms with Gasteiger partial charge in [0.2, 0.25) is 0 Å². The molecule has 2 aliphatic rings. The maximum atomic E-state index is 12.4. The number of nitrogens with zero attached hydrogens (tertiary/aromatic N) is 4. The number of piperidine rings is 2. The molecule has 2 atom stereocenters. The molecule has 0 saturated carbocycles. The number of nitrogens with one attached hydrogen (secondary N) is 3. The van der Waals surface area contributed by atoms with Gasteiger partial charge < -0.3 is 20.5 Å². The van der Waals surface area contributed by atoms with Gasteiger partial charge in [-0.15, -0.1) is 0 Å². The largest absolute Gasteiger partial charge is 0.354 e. The second-order valence-electron chi connectivity index (χ2n) is 8.48. The molecule has 2 fully saturated rings. The Labute approximate surface area is 182 Å². The zero-order valence-corrected chi connectivity index (χ0v) is 17.6. The van der Waals surface area contributed by atoms with Gasteiger partial charge in [0, 0.05) is 43.6 Å². The Kier molecular flexibility index (Phi) is 5.71. The Morgan fingerprint density at radius 1 is 1.03 bits per heavy atom. The predicted molar refractivity (Wildman–Crippen MR) is 122 cm³/mol. The molecule has 3 aromatic rings. The zero-order valence-electron chi connectivity index (χ0n) is 17.6. The first-order valence-corrected chi connectivity index (χ1v) is 11.2. The van der Waals surface area contributed by atoms with Crippen molar-refractivity contribution in [3.8, 4) is 0 Å². The summed E-state index contributed by atoms with van der Waals surface area (Å²) in [6.07, 6.45) is 8.01. The number of H-pyrrole nitrogens is 1. The summed E-state index contributed by atoms with van der Waals surface area (Å²) in [6, 6.07) is 12.2. The molecule has 4 heterocycles. The van der Waals surface area contributed by atoms with Gasteiger partial charge >= 0.3 is 6.03 Å². The molecule has 8 heteroatoms. The van der Waals surface area contributed by atoms with E-state index < -0.39 is 0 Å². The number of benzene rings is 1. The number of carbonyl (C=O) groups is 1. The van der Waals surface area contributed by atoms with Crippen LogP contribution in [-0.4, -0.2) is 64.1 Å². The lowest BCUT2D eigenvalue weighted by atomic mass is 9.98. The van der Waals surface area contributed by atoms with Crippen LogP contribution in [0.5, 0.6) is 0 Å². The van der Waals surface area contributed by atoms with Crippen LogP contribution >= 0.6 is 0 Å². The van der Waals surface area contributed by atoms with E-state index in [9.17, 15) is 4.79 Å². The Hall–Kier alpha value is -3.13. The smallest absolute Gasteiger partial charge is 0.319 e. The zero-order chi connectivity index (χ0) is 21.0. The summed E-state index contributed by atoms with van der Waals surface area (Å²) in [4.78, 5) is 29.5. The molecule has 8 nitrogen and oxygen atoms in total. The number of likely N-dealkylation sites (tertiary alicyclic amines) is 1. The van der Waals surface area contributed by atoms with Crippen LogP contribution in [0.2, 0.25) is 0 Å². The highest BCUT2D eigenvalue weighted by Gasteiger charge is 2.31. The Bertz CT molecular complexity index is 1020. The molecule has 31 heavy (non-hydrogen) atoms. The summed E-state index contributed by atoms with van der Waals surface area (Å²) in [6.45, 7) is 3.95. The number of para-hydroxylation sites is 1. The van der Waals surface area contributed by atoms with Gasteiger partial charge in [0.15, 0.2) is 0 Å². The lowest BCUT2D eigenvalue weighted by molar-refractivity contribution is 0.126. The van der Waals surface area contributed by atoms with Crippen molar-refractivity contribution in [1.29, 1.82) is 0 Å².